The average molecular weight is 291 g/mol. The van der Waals surface area contributed by atoms with E-state index >= 15 is 0 Å². The number of rotatable bonds is 6. The first kappa shape index (κ1) is 15.8. The van der Waals surface area contributed by atoms with Gasteiger partial charge in [-0.15, -0.1) is 0 Å². The largest absolute Gasteiger partial charge is 0.492 e. The summed E-state index contributed by atoms with van der Waals surface area (Å²) in [6.45, 7) is 4.91. The van der Waals surface area contributed by atoms with Gasteiger partial charge in [0.2, 0.25) is 0 Å². The molecule has 2 rings (SSSR count). The van der Waals surface area contributed by atoms with Crippen LogP contribution in [-0.4, -0.2) is 22.7 Å². The SMILES string of the molecule is CCCOc1cncc(C2CC(CC)CCC2C(=O)O)c1. The summed E-state index contributed by atoms with van der Waals surface area (Å²) in [4.78, 5) is 15.8. The lowest BCUT2D eigenvalue weighted by Gasteiger charge is -2.33. The Hall–Kier alpha value is -1.58. The summed E-state index contributed by atoms with van der Waals surface area (Å²) in [6.07, 6.45) is 8.28. The van der Waals surface area contributed by atoms with Crippen LogP contribution in [0.2, 0.25) is 0 Å². The van der Waals surface area contributed by atoms with Crippen LogP contribution in [0, 0.1) is 11.8 Å². The molecule has 0 bridgehead atoms. The molecule has 0 spiro atoms. The fourth-order valence-corrected chi connectivity index (χ4v) is 3.23. The smallest absolute Gasteiger partial charge is 0.307 e. The van der Waals surface area contributed by atoms with Gasteiger partial charge in [0, 0.05) is 6.20 Å². The number of carbonyl (C=O) groups is 1. The monoisotopic (exact) mass is 291 g/mol. The number of ether oxygens (including phenoxy) is 1. The highest BCUT2D eigenvalue weighted by Gasteiger charge is 2.35. The fourth-order valence-electron chi connectivity index (χ4n) is 3.23. The summed E-state index contributed by atoms with van der Waals surface area (Å²) < 4.78 is 5.63. The summed E-state index contributed by atoms with van der Waals surface area (Å²) in [5, 5.41) is 9.49. The van der Waals surface area contributed by atoms with Gasteiger partial charge in [0.05, 0.1) is 18.7 Å². The molecule has 1 fully saturated rings. The van der Waals surface area contributed by atoms with E-state index in [4.69, 9.17) is 4.74 Å². The van der Waals surface area contributed by atoms with Crippen LogP contribution in [0.1, 0.15) is 57.4 Å². The zero-order valence-corrected chi connectivity index (χ0v) is 12.9. The number of carboxylic acid groups (broad SMARTS) is 1. The Kier molecular flexibility index (Phi) is 5.59. The second-order valence-corrected chi connectivity index (χ2v) is 5.94. The molecule has 1 N–H and O–H groups in total. The van der Waals surface area contributed by atoms with E-state index in [9.17, 15) is 9.90 Å². The normalized spacial score (nSPS) is 25.5. The van der Waals surface area contributed by atoms with E-state index in [1.165, 1.54) is 0 Å². The first-order valence-electron chi connectivity index (χ1n) is 7.96. The first-order valence-corrected chi connectivity index (χ1v) is 7.96. The first-order chi connectivity index (χ1) is 10.2. The molecule has 1 heterocycles. The lowest BCUT2D eigenvalue weighted by molar-refractivity contribution is -0.143. The molecule has 1 aromatic heterocycles. The Balaban J connectivity index is 2.20. The zero-order chi connectivity index (χ0) is 15.2. The lowest BCUT2D eigenvalue weighted by atomic mass is 9.71. The van der Waals surface area contributed by atoms with E-state index in [2.05, 4.69) is 18.8 Å². The minimum absolute atomic E-state index is 0.0545. The summed E-state index contributed by atoms with van der Waals surface area (Å²) in [5.41, 5.74) is 1.01. The summed E-state index contributed by atoms with van der Waals surface area (Å²) in [6, 6.07) is 1.97. The van der Waals surface area contributed by atoms with E-state index in [1.54, 1.807) is 12.4 Å². The number of pyridine rings is 1. The van der Waals surface area contributed by atoms with Gasteiger partial charge in [0.25, 0.3) is 0 Å². The molecular formula is C17H25NO3. The molecule has 3 unspecified atom stereocenters. The molecule has 4 nitrogen and oxygen atoms in total. The molecule has 0 saturated heterocycles. The van der Waals surface area contributed by atoms with Gasteiger partial charge < -0.3 is 9.84 Å². The van der Waals surface area contributed by atoms with Crippen LogP contribution in [0.4, 0.5) is 0 Å². The van der Waals surface area contributed by atoms with Gasteiger partial charge in [0.15, 0.2) is 0 Å². The Morgan fingerprint density at radius 2 is 2.19 bits per heavy atom. The fraction of sp³-hybridized carbons (Fsp3) is 0.647. The maximum atomic E-state index is 11.5. The van der Waals surface area contributed by atoms with Gasteiger partial charge in [-0.25, -0.2) is 0 Å². The van der Waals surface area contributed by atoms with Gasteiger partial charge in [-0.05, 0) is 49.1 Å². The van der Waals surface area contributed by atoms with Crippen LogP contribution < -0.4 is 4.74 Å². The van der Waals surface area contributed by atoms with Gasteiger partial charge in [-0.1, -0.05) is 20.3 Å². The number of aromatic nitrogens is 1. The van der Waals surface area contributed by atoms with Crippen molar-refractivity contribution in [1.82, 2.24) is 4.98 Å². The van der Waals surface area contributed by atoms with E-state index in [1.807, 2.05) is 6.07 Å². The Morgan fingerprint density at radius 1 is 1.38 bits per heavy atom. The molecular weight excluding hydrogens is 266 g/mol. The minimum Gasteiger partial charge on any atom is -0.492 e. The molecule has 1 aliphatic carbocycles. The molecule has 1 aliphatic rings. The standard InChI is InChI=1S/C17H25NO3/c1-3-7-21-14-9-13(10-18-11-14)16-8-12(4-2)5-6-15(16)17(19)20/h9-12,15-16H,3-8H2,1-2H3,(H,19,20). The van der Waals surface area contributed by atoms with Crippen molar-refractivity contribution in [3.05, 3.63) is 24.0 Å². The number of carboxylic acids is 1. The molecule has 0 radical (unpaired) electrons. The predicted molar refractivity (Wildman–Crippen MR) is 81.5 cm³/mol. The lowest BCUT2D eigenvalue weighted by Crippen LogP contribution is -2.29. The quantitative estimate of drug-likeness (QED) is 0.864. The highest BCUT2D eigenvalue weighted by Crippen LogP contribution is 2.42. The van der Waals surface area contributed by atoms with Gasteiger partial charge in [0.1, 0.15) is 5.75 Å². The third kappa shape index (κ3) is 3.96. The molecule has 4 heteroatoms. The Labute approximate surface area is 126 Å². The zero-order valence-electron chi connectivity index (χ0n) is 12.9. The van der Waals surface area contributed by atoms with Gasteiger partial charge in [-0.2, -0.15) is 0 Å². The number of nitrogens with zero attached hydrogens (tertiary/aromatic N) is 1. The number of aliphatic carboxylic acids is 1. The van der Waals surface area contributed by atoms with Crippen molar-refractivity contribution in [1.29, 1.82) is 0 Å². The van der Waals surface area contributed by atoms with Gasteiger partial charge in [-0.3, -0.25) is 9.78 Å². The summed E-state index contributed by atoms with van der Waals surface area (Å²) >= 11 is 0. The molecule has 116 valence electrons. The van der Waals surface area contributed by atoms with Crippen molar-refractivity contribution < 1.29 is 14.6 Å². The predicted octanol–water partition coefficient (Wildman–Crippen LogP) is 3.86. The molecule has 0 aliphatic heterocycles. The highest BCUT2D eigenvalue weighted by atomic mass is 16.5. The third-order valence-electron chi connectivity index (χ3n) is 4.49. The topological polar surface area (TPSA) is 59.4 Å². The number of hydrogen-bond acceptors (Lipinski definition) is 3. The molecule has 0 aromatic carbocycles. The third-order valence-corrected chi connectivity index (χ3v) is 4.49. The summed E-state index contributed by atoms with van der Waals surface area (Å²) in [7, 11) is 0. The van der Waals surface area contributed by atoms with Crippen molar-refractivity contribution in [2.75, 3.05) is 6.61 Å². The van der Waals surface area contributed by atoms with Crippen LogP contribution in [0.25, 0.3) is 0 Å². The number of hydrogen-bond donors (Lipinski definition) is 1. The van der Waals surface area contributed by atoms with E-state index in [0.717, 1.165) is 43.4 Å². The molecule has 0 amide bonds. The van der Waals surface area contributed by atoms with Crippen LogP contribution in [0.15, 0.2) is 18.5 Å². The van der Waals surface area contributed by atoms with Crippen LogP contribution in [0.5, 0.6) is 5.75 Å². The minimum atomic E-state index is -0.686. The van der Waals surface area contributed by atoms with E-state index in [0.29, 0.717) is 12.5 Å². The highest BCUT2D eigenvalue weighted by molar-refractivity contribution is 5.71. The maximum absolute atomic E-state index is 11.5. The maximum Gasteiger partial charge on any atom is 0.307 e. The second-order valence-electron chi connectivity index (χ2n) is 5.94. The van der Waals surface area contributed by atoms with E-state index in [-0.39, 0.29) is 11.8 Å². The molecule has 1 aromatic rings. The van der Waals surface area contributed by atoms with Crippen molar-refractivity contribution in [2.45, 2.75) is 51.9 Å². The van der Waals surface area contributed by atoms with Gasteiger partial charge >= 0.3 is 5.97 Å². The molecule has 1 saturated carbocycles. The molecule has 3 atom stereocenters. The van der Waals surface area contributed by atoms with Crippen molar-refractivity contribution in [3.63, 3.8) is 0 Å². The second kappa shape index (κ2) is 7.43. The Bertz CT molecular complexity index is 475. The summed E-state index contributed by atoms with van der Waals surface area (Å²) in [5.74, 6) is 0.437. The van der Waals surface area contributed by atoms with Crippen LogP contribution in [0.3, 0.4) is 0 Å². The van der Waals surface area contributed by atoms with E-state index < -0.39 is 5.97 Å². The van der Waals surface area contributed by atoms with Crippen LogP contribution >= 0.6 is 0 Å². The average Bonchev–Trinajstić information content (AvgIpc) is 2.52. The Morgan fingerprint density at radius 3 is 2.86 bits per heavy atom. The van der Waals surface area contributed by atoms with Crippen LogP contribution in [-0.2, 0) is 4.79 Å². The van der Waals surface area contributed by atoms with Crippen molar-refractivity contribution in [3.8, 4) is 5.75 Å². The molecule has 21 heavy (non-hydrogen) atoms. The van der Waals surface area contributed by atoms with Crippen molar-refractivity contribution >= 4 is 5.97 Å². The van der Waals surface area contributed by atoms with Crippen molar-refractivity contribution in [2.24, 2.45) is 11.8 Å².